The molecule has 4 aromatic carbocycles. The predicted molar refractivity (Wildman–Crippen MR) is 152 cm³/mol. The van der Waals surface area contributed by atoms with E-state index in [1.807, 2.05) is 37.3 Å². The number of nitrogens with zero attached hydrogens (tertiary/aromatic N) is 1. The minimum Gasteiger partial charge on any atom is -0.351 e. The highest BCUT2D eigenvalue weighted by molar-refractivity contribution is 7.99. The molecule has 0 aromatic heterocycles. The smallest absolute Gasteiger partial charge is 0.264 e. The second-order valence-corrected chi connectivity index (χ2v) is 11.9. The second kappa shape index (κ2) is 12.3. The van der Waals surface area contributed by atoms with Crippen molar-refractivity contribution in [3.05, 3.63) is 125 Å². The highest BCUT2D eigenvalue weighted by atomic mass is 35.5. The maximum Gasteiger partial charge on any atom is 0.264 e. The minimum atomic E-state index is -3.98. The number of anilines is 1. The lowest BCUT2D eigenvalue weighted by atomic mass is 10.1. The first kappa shape index (κ1) is 26.8. The molecule has 0 spiro atoms. The maximum atomic E-state index is 13.9. The topological polar surface area (TPSA) is 66.5 Å². The molecule has 1 amide bonds. The molecule has 0 heterocycles. The summed E-state index contributed by atoms with van der Waals surface area (Å²) in [5, 5.41) is 3.50. The van der Waals surface area contributed by atoms with Crippen molar-refractivity contribution in [1.29, 1.82) is 0 Å². The van der Waals surface area contributed by atoms with Crippen molar-refractivity contribution in [1.82, 2.24) is 5.32 Å². The van der Waals surface area contributed by atoms with Gasteiger partial charge in [-0.15, -0.1) is 11.8 Å². The normalized spacial score (nSPS) is 11.2. The Morgan fingerprint density at radius 1 is 0.865 bits per heavy atom. The number of carbonyl (C=O) groups is 1. The average molecular weight is 551 g/mol. The van der Waals surface area contributed by atoms with Crippen LogP contribution in [0.25, 0.3) is 0 Å². The van der Waals surface area contributed by atoms with Gasteiger partial charge in [-0.25, -0.2) is 8.42 Å². The molecule has 0 unspecified atom stereocenters. The zero-order chi connectivity index (χ0) is 26.3. The van der Waals surface area contributed by atoms with E-state index in [2.05, 4.69) is 5.32 Å². The van der Waals surface area contributed by atoms with Crippen LogP contribution in [0.1, 0.15) is 21.5 Å². The number of nitrogens with one attached hydrogen (secondary N) is 1. The number of carbonyl (C=O) groups excluding carboxylic acids is 1. The van der Waals surface area contributed by atoms with Gasteiger partial charge in [-0.2, -0.15) is 0 Å². The van der Waals surface area contributed by atoms with Crippen LogP contribution in [0.3, 0.4) is 0 Å². The van der Waals surface area contributed by atoms with Crippen LogP contribution in [-0.2, 0) is 16.6 Å². The zero-order valence-corrected chi connectivity index (χ0v) is 22.7. The molecule has 8 heteroatoms. The van der Waals surface area contributed by atoms with Gasteiger partial charge in [-0.1, -0.05) is 71.8 Å². The first-order valence-corrected chi connectivity index (χ1v) is 14.5. The molecule has 0 aliphatic rings. The van der Waals surface area contributed by atoms with Gasteiger partial charge < -0.3 is 5.32 Å². The van der Waals surface area contributed by atoms with Gasteiger partial charge in [0.05, 0.1) is 22.7 Å². The lowest BCUT2D eigenvalue weighted by Crippen LogP contribution is -2.34. The first-order chi connectivity index (χ1) is 17.8. The summed E-state index contributed by atoms with van der Waals surface area (Å²) in [5.41, 5.74) is 2.30. The number of hydrogen-bond acceptors (Lipinski definition) is 4. The molecule has 0 bridgehead atoms. The number of hydrogen-bond donors (Lipinski definition) is 1. The number of amides is 1. The van der Waals surface area contributed by atoms with Gasteiger partial charge in [0.15, 0.2) is 0 Å². The van der Waals surface area contributed by atoms with Crippen LogP contribution >= 0.6 is 23.4 Å². The van der Waals surface area contributed by atoms with Crippen molar-refractivity contribution in [2.75, 3.05) is 16.6 Å². The number of halogens is 1. The van der Waals surface area contributed by atoms with Gasteiger partial charge in [-0.3, -0.25) is 9.10 Å². The van der Waals surface area contributed by atoms with Crippen LogP contribution in [0.15, 0.2) is 113 Å². The van der Waals surface area contributed by atoms with E-state index in [1.54, 1.807) is 84.6 Å². The van der Waals surface area contributed by atoms with Crippen molar-refractivity contribution in [3.8, 4) is 0 Å². The Balaban J connectivity index is 1.62. The number of sulfonamides is 1. The van der Waals surface area contributed by atoms with E-state index in [4.69, 9.17) is 11.6 Å². The summed E-state index contributed by atoms with van der Waals surface area (Å²) in [5.74, 6) is 0.359. The summed E-state index contributed by atoms with van der Waals surface area (Å²) in [6.45, 7) is 2.38. The number of thioether (sulfide) groups is 1. The van der Waals surface area contributed by atoms with Crippen molar-refractivity contribution < 1.29 is 13.2 Å². The highest BCUT2D eigenvalue weighted by Crippen LogP contribution is 2.30. The number of benzene rings is 4. The fourth-order valence-corrected chi connectivity index (χ4v) is 6.11. The maximum absolute atomic E-state index is 13.9. The Labute approximate surface area is 227 Å². The molecule has 0 fully saturated rings. The summed E-state index contributed by atoms with van der Waals surface area (Å²) >= 11 is 7.69. The largest absolute Gasteiger partial charge is 0.351 e. The van der Waals surface area contributed by atoms with Crippen LogP contribution in [0.5, 0.6) is 0 Å². The van der Waals surface area contributed by atoms with Gasteiger partial charge in [0, 0.05) is 22.2 Å². The van der Waals surface area contributed by atoms with E-state index < -0.39 is 10.0 Å². The van der Waals surface area contributed by atoms with Crippen molar-refractivity contribution in [3.63, 3.8) is 0 Å². The molecule has 1 N–H and O–H groups in total. The SMILES string of the molecule is Cc1ccc(S(=O)(=O)N(Cc2ccc(Cl)cc2)c2ccccc2C(=O)NCCSc2ccccc2)cc1. The van der Waals surface area contributed by atoms with Gasteiger partial charge in [-0.05, 0) is 61.0 Å². The van der Waals surface area contributed by atoms with Crippen LogP contribution in [0, 0.1) is 6.92 Å². The number of rotatable bonds is 10. The monoisotopic (exact) mass is 550 g/mol. The van der Waals surface area contributed by atoms with Crippen molar-refractivity contribution in [2.24, 2.45) is 0 Å². The fourth-order valence-electron chi connectivity index (χ4n) is 3.72. The van der Waals surface area contributed by atoms with Crippen LogP contribution in [0.2, 0.25) is 5.02 Å². The molecule has 5 nitrogen and oxygen atoms in total. The second-order valence-electron chi connectivity index (χ2n) is 8.39. The van der Waals surface area contributed by atoms with E-state index >= 15 is 0 Å². The van der Waals surface area contributed by atoms with E-state index in [0.29, 0.717) is 23.0 Å². The van der Waals surface area contributed by atoms with Crippen LogP contribution in [0.4, 0.5) is 5.69 Å². The minimum absolute atomic E-state index is 0.0432. The number of para-hydroxylation sites is 1. The molecular formula is C29H27ClN2O3S2. The lowest BCUT2D eigenvalue weighted by Gasteiger charge is -2.27. The van der Waals surface area contributed by atoms with E-state index in [1.165, 1.54) is 4.31 Å². The number of aryl methyl sites for hydroxylation is 1. The molecule has 37 heavy (non-hydrogen) atoms. The zero-order valence-electron chi connectivity index (χ0n) is 20.3. The molecule has 4 aromatic rings. The Morgan fingerprint density at radius 2 is 1.51 bits per heavy atom. The van der Waals surface area contributed by atoms with Gasteiger partial charge >= 0.3 is 0 Å². The summed E-state index contributed by atoms with van der Waals surface area (Å²) in [7, 11) is -3.98. The Kier molecular flexibility index (Phi) is 8.92. The highest BCUT2D eigenvalue weighted by Gasteiger charge is 2.28. The third kappa shape index (κ3) is 6.95. The summed E-state index contributed by atoms with van der Waals surface area (Å²) < 4.78 is 29.0. The first-order valence-electron chi connectivity index (χ1n) is 11.7. The predicted octanol–water partition coefficient (Wildman–Crippen LogP) is 6.57. The summed E-state index contributed by atoms with van der Waals surface area (Å²) in [6, 6.07) is 30.4. The van der Waals surface area contributed by atoms with Crippen LogP contribution in [-0.4, -0.2) is 26.6 Å². The summed E-state index contributed by atoms with van der Waals surface area (Å²) in [4.78, 5) is 14.5. The fraction of sp³-hybridized carbons (Fsp3) is 0.138. The van der Waals surface area contributed by atoms with Gasteiger partial charge in [0.2, 0.25) is 0 Å². The molecule has 0 aliphatic heterocycles. The Morgan fingerprint density at radius 3 is 2.22 bits per heavy atom. The average Bonchev–Trinajstić information content (AvgIpc) is 2.91. The molecule has 0 radical (unpaired) electrons. The van der Waals surface area contributed by atoms with Gasteiger partial charge in [0.25, 0.3) is 15.9 Å². The molecule has 0 saturated carbocycles. The Bertz CT molecular complexity index is 1440. The van der Waals surface area contributed by atoms with Gasteiger partial charge in [0.1, 0.15) is 0 Å². The Hall–Kier alpha value is -3.26. The molecule has 0 aliphatic carbocycles. The molecule has 4 rings (SSSR count). The lowest BCUT2D eigenvalue weighted by molar-refractivity contribution is 0.0957. The summed E-state index contributed by atoms with van der Waals surface area (Å²) in [6.07, 6.45) is 0. The molecule has 0 atom stereocenters. The third-order valence-corrected chi connectivity index (χ3v) is 8.71. The molecular weight excluding hydrogens is 524 g/mol. The van der Waals surface area contributed by atoms with E-state index in [-0.39, 0.29) is 22.9 Å². The van der Waals surface area contributed by atoms with Crippen LogP contribution < -0.4 is 9.62 Å². The quantitative estimate of drug-likeness (QED) is 0.179. The molecule has 0 saturated heterocycles. The standard InChI is InChI=1S/C29H27ClN2O3S2/c1-22-11-17-26(18-12-22)37(34,35)32(21-23-13-15-24(30)16-14-23)28-10-6-5-9-27(28)29(33)31-19-20-36-25-7-3-2-4-8-25/h2-18H,19-21H2,1H3,(H,31,33). The van der Waals surface area contributed by atoms with Crippen molar-refractivity contribution >= 4 is 45.0 Å². The third-order valence-electron chi connectivity index (χ3n) is 5.67. The molecule has 190 valence electrons. The van der Waals surface area contributed by atoms with Crippen molar-refractivity contribution in [2.45, 2.75) is 23.3 Å². The van der Waals surface area contributed by atoms with E-state index in [9.17, 15) is 13.2 Å². The van der Waals surface area contributed by atoms with E-state index in [0.717, 1.165) is 16.0 Å².